The molecule has 8 heteroatoms. The lowest BCUT2D eigenvalue weighted by molar-refractivity contribution is 0.0475. The second-order valence-corrected chi connectivity index (χ2v) is 5.30. The fraction of sp³-hybridized carbons (Fsp3) is 0.167. The minimum atomic E-state index is -0.647. The van der Waals surface area contributed by atoms with E-state index in [2.05, 4.69) is 26.1 Å². The van der Waals surface area contributed by atoms with E-state index in [-0.39, 0.29) is 17.7 Å². The summed E-state index contributed by atoms with van der Waals surface area (Å²) in [6, 6.07) is 7.15. The van der Waals surface area contributed by atoms with Crippen LogP contribution in [0.2, 0.25) is 0 Å². The molecule has 0 radical (unpaired) electrons. The summed E-state index contributed by atoms with van der Waals surface area (Å²) in [7, 11) is 0. The summed E-state index contributed by atoms with van der Waals surface area (Å²) >= 11 is 4.54. The molecule has 20 heavy (non-hydrogen) atoms. The zero-order valence-corrected chi connectivity index (χ0v) is 12.7. The predicted molar refractivity (Wildman–Crippen MR) is 73.2 cm³/mol. The zero-order chi connectivity index (χ0) is 14.5. The summed E-state index contributed by atoms with van der Waals surface area (Å²) < 4.78 is 10.7. The number of nitrogens with zero attached hydrogens (tertiary/aromatic N) is 3. The molecule has 0 amide bonds. The van der Waals surface area contributed by atoms with Gasteiger partial charge in [0.05, 0.1) is 18.2 Å². The van der Waals surface area contributed by atoms with Crippen molar-refractivity contribution in [3.63, 3.8) is 0 Å². The van der Waals surface area contributed by atoms with Gasteiger partial charge in [-0.3, -0.25) is 0 Å². The molecule has 0 N–H and O–H groups in total. The average molecular weight is 354 g/mol. The van der Waals surface area contributed by atoms with Gasteiger partial charge in [0.2, 0.25) is 0 Å². The van der Waals surface area contributed by atoms with Gasteiger partial charge in [0, 0.05) is 9.37 Å². The Bertz CT molecular complexity index is 681. The molecule has 0 aliphatic heterocycles. The highest BCUT2D eigenvalue weighted by Gasteiger charge is 2.17. The van der Waals surface area contributed by atoms with Crippen molar-refractivity contribution in [2.24, 2.45) is 0 Å². The van der Waals surface area contributed by atoms with Crippen molar-refractivity contribution < 1.29 is 13.9 Å². The van der Waals surface area contributed by atoms with Gasteiger partial charge >= 0.3 is 11.9 Å². The molecule has 1 aromatic carbocycles. The second kappa shape index (κ2) is 6.54. The van der Waals surface area contributed by atoms with E-state index in [0.29, 0.717) is 5.56 Å². The molecule has 0 bridgehead atoms. The molecule has 1 heterocycles. The fourth-order valence-corrected chi connectivity index (χ4v) is 2.58. The first kappa shape index (κ1) is 14.6. The summed E-state index contributed by atoms with van der Waals surface area (Å²) in [5.74, 6) is -0.829. The van der Waals surface area contributed by atoms with Crippen LogP contribution < -0.4 is 0 Å². The van der Waals surface area contributed by atoms with E-state index in [4.69, 9.17) is 14.4 Å². The van der Waals surface area contributed by atoms with Crippen molar-refractivity contribution >= 4 is 33.7 Å². The highest BCUT2D eigenvalue weighted by atomic mass is 79.9. The molecule has 0 spiro atoms. The van der Waals surface area contributed by atoms with E-state index in [0.717, 1.165) is 9.37 Å². The Hall–Kier alpha value is -1.85. The van der Waals surface area contributed by atoms with Gasteiger partial charge in [-0.2, -0.15) is 5.26 Å². The van der Waals surface area contributed by atoms with Crippen LogP contribution in [0.15, 0.2) is 37.2 Å². The summed E-state index contributed by atoms with van der Waals surface area (Å²) in [4.78, 5) is 12.2. The minimum Gasteiger partial charge on any atom is -0.459 e. The first-order valence-corrected chi connectivity index (χ1v) is 7.13. The van der Waals surface area contributed by atoms with Crippen molar-refractivity contribution in [1.29, 1.82) is 5.26 Å². The van der Waals surface area contributed by atoms with Gasteiger partial charge < -0.3 is 9.15 Å². The average Bonchev–Trinajstić information content (AvgIpc) is 2.90. The van der Waals surface area contributed by atoms with Crippen LogP contribution in [0.25, 0.3) is 0 Å². The third kappa shape index (κ3) is 3.37. The van der Waals surface area contributed by atoms with E-state index in [1.807, 2.05) is 6.07 Å². The molecule has 0 saturated carbocycles. The molecule has 6 nitrogen and oxygen atoms in total. The Morgan fingerprint density at radius 1 is 1.55 bits per heavy atom. The van der Waals surface area contributed by atoms with Gasteiger partial charge in [-0.25, -0.2) is 4.79 Å². The third-order valence-corrected chi connectivity index (χ3v) is 3.95. The number of aromatic nitrogens is 2. The van der Waals surface area contributed by atoms with Crippen LogP contribution in [0.5, 0.6) is 0 Å². The van der Waals surface area contributed by atoms with Crippen molar-refractivity contribution in [2.45, 2.75) is 17.0 Å². The quantitative estimate of drug-likeness (QED) is 0.780. The Labute approximate surface area is 127 Å². The first-order valence-electron chi connectivity index (χ1n) is 5.52. The van der Waals surface area contributed by atoms with Crippen LogP contribution in [0.1, 0.15) is 23.2 Å². The van der Waals surface area contributed by atoms with Crippen LogP contribution in [0.4, 0.5) is 0 Å². The largest absolute Gasteiger partial charge is 0.459 e. The number of halogens is 1. The van der Waals surface area contributed by atoms with Gasteiger partial charge in [0.25, 0.3) is 5.22 Å². The number of ether oxygens (including phenoxy) is 1. The number of carbonyl (C=O) groups is 1. The van der Waals surface area contributed by atoms with Crippen molar-refractivity contribution in [1.82, 2.24) is 10.2 Å². The highest BCUT2D eigenvalue weighted by Crippen LogP contribution is 2.33. The van der Waals surface area contributed by atoms with Gasteiger partial charge in [-0.1, -0.05) is 5.10 Å². The lowest BCUT2D eigenvalue weighted by atomic mass is 10.2. The molecule has 2 rings (SSSR count). The molecular weight excluding hydrogens is 346 g/mol. The van der Waals surface area contributed by atoms with Crippen molar-refractivity contribution in [3.05, 3.63) is 34.1 Å². The van der Waals surface area contributed by atoms with E-state index in [9.17, 15) is 4.79 Å². The summed E-state index contributed by atoms with van der Waals surface area (Å²) in [5.41, 5.74) is 0.541. The number of benzene rings is 1. The van der Waals surface area contributed by atoms with E-state index >= 15 is 0 Å². The SMILES string of the molecule is CCOC(=O)c1nnc(Sc2ccc(C#N)cc2Br)o1. The number of carbonyl (C=O) groups excluding carboxylic acids is 1. The third-order valence-electron chi connectivity index (χ3n) is 2.11. The van der Waals surface area contributed by atoms with E-state index in [1.54, 1.807) is 25.1 Å². The van der Waals surface area contributed by atoms with E-state index in [1.165, 1.54) is 11.8 Å². The summed E-state index contributed by atoms with van der Waals surface area (Å²) in [6.45, 7) is 1.93. The van der Waals surface area contributed by atoms with Crippen molar-refractivity contribution in [3.8, 4) is 6.07 Å². The standard InChI is InChI=1S/C12H8BrN3O3S/c1-2-18-11(17)10-15-16-12(19-10)20-9-4-3-7(6-14)5-8(9)13/h3-5H,2H2,1H3. The van der Waals surface area contributed by atoms with Crippen LogP contribution in [-0.2, 0) is 4.74 Å². The maximum atomic E-state index is 11.4. The van der Waals surface area contributed by atoms with Crippen LogP contribution >= 0.6 is 27.7 Å². The maximum Gasteiger partial charge on any atom is 0.396 e. The lowest BCUT2D eigenvalue weighted by Gasteiger charge is -2.00. The van der Waals surface area contributed by atoms with Crippen molar-refractivity contribution in [2.75, 3.05) is 6.61 Å². The van der Waals surface area contributed by atoms with E-state index < -0.39 is 5.97 Å². The van der Waals surface area contributed by atoms with Gasteiger partial charge in [-0.05, 0) is 52.8 Å². The van der Waals surface area contributed by atoms with Crippen LogP contribution in [0.3, 0.4) is 0 Å². The lowest BCUT2D eigenvalue weighted by Crippen LogP contribution is -2.04. The Balaban J connectivity index is 2.15. The number of esters is 1. The number of hydrogen-bond acceptors (Lipinski definition) is 7. The Morgan fingerprint density at radius 3 is 3.00 bits per heavy atom. The van der Waals surface area contributed by atoms with Gasteiger partial charge in [0.15, 0.2) is 0 Å². The molecular formula is C12H8BrN3O3S. The predicted octanol–water partition coefficient (Wildman–Crippen LogP) is 3.03. The monoisotopic (exact) mass is 353 g/mol. The summed E-state index contributed by atoms with van der Waals surface area (Å²) in [6.07, 6.45) is 0. The molecule has 0 atom stereocenters. The number of hydrogen-bond donors (Lipinski definition) is 0. The Morgan fingerprint density at radius 2 is 2.35 bits per heavy atom. The molecule has 0 saturated heterocycles. The molecule has 1 aromatic heterocycles. The smallest absolute Gasteiger partial charge is 0.396 e. The van der Waals surface area contributed by atoms with Crippen LogP contribution in [0, 0.1) is 11.3 Å². The number of rotatable bonds is 4. The van der Waals surface area contributed by atoms with Crippen LogP contribution in [-0.4, -0.2) is 22.8 Å². The molecule has 0 unspecified atom stereocenters. The fourth-order valence-electron chi connectivity index (χ4n) is 1.27. The normalized spacial score (nSPS) is 10.1. The Kier molecular flexibility index (Phi) is 4.76. The highest BCUT2D eigenvalue weighted by molar-refractivity contribution is 9.10. The minimum absolute atomic E-state index is 0.181. The topological polar surface area (TPSA) is 89.0 Å². The second-order valence-electron chi connectivity index (χ2n) is 3.45. The van der Waals surface area contributed by atoms with Gasteiger partial charge in [-0.15, -0.1) is 5.10 Å². The zero-order valence-electron chi connectivity index (χ0n) is 10.3. The molecule has 0 fully saturated rings. The molecule has 2 aromatic rings. The maximum absolute atomic E-state index is 11.4. The molecule has 0 aliphatic rings. The molecule has 102 valence electrons. The first-order chi connectivity index (χ1) is 9.63. The van der Waals surface area contributed by atoms with Gasteiger partial charge in [0.1, 0.15) is 0 Å². The number of nitriles is 1. The molecule has 0 aliphatic carbocycles. The summed E-state index contributed by atoms with van der Waals surface area (Å²) in [5, 5.41) is 16.4.